The molecule has 1 aliphatic rings. The molecule has 0 amide bonds. The molecule has 0 spiro atoms. The highest BCUT2D eigenvalue weighted by atomic mass is 15.0. The number of unbranched alkanes of at least 4 members (excludes halogenated alkanes) is 6. The highest BCUT2D eigenvalue weighted by Crippen LogP contribution is 2.56. The van der Waals surface area contributed by atoms with Gasteiger partial charge in [-0.05, 0) is 167 Å². The molecule has 0 aliphatic heterocycles. The van der Waals surface area contributed by atoms with Crippen molar-refractivity contribution in [2.45, 2.75) is 96.3 Å². The molecule has 8 aromatic carbocycles. The Labute approximate surface area is 393 Å². The predicted molar refractivity (Wildman–Crippen MR) is 286 cm³/mol. The molecular formula is C65H63N. The number of rotatable bonds is 18. The summed E-state index contributed by atoms with van der Waals surface area (Å²) in [7, 11) is 0. The lowest BCUT2D eigenvalue weighted by atomic mass is 9.70. The third kappa shape index (κ3) is 8.49. The van der Waals surface area contributed by atoms with Crippen LogP contribution in [-0.2, 0) is 18.3 Å². The van der Waals surface area contributed by atoms with Gasteiger partial charge in [-0.25, -0.2) is 0 Å². The van der Waals surface area contributed by atoms with Crippen LogP contribution in [-0.4, -0.2) is 4.57 Å². The Morgan fingerprint density at radius 2 is 1.03 bits per heavy atom. The molecule has 1 nitrogen and oxygen atoms in total. The second-order valence-electron chi connectivity index (χ2n) is 19.2. The minimum Gasteiger partial charge on any atom is -0.309 e. The van der Waals surface area contributed by atoms with Crippen LogP contribution in [0, 0.1) is 13.8 Å². The van der Waals surface area contributed by atoms with Crippen LogP contribution in [0.5, 0.6) is 0 Å². The molecule has 0 N–H and O–H groups in total. The second kappa shape index (κ2) is 19.0. The molecule has 0 bridgehead atoms. The molecule has 0 fully saturated rings. The van der Waals surface area contributed by atoms with Crippen LogP contribution in [0.15, 0.2) is 177 Å². The van der Waals surface area contributed by atoms with Crippen molar-refractivity contribution in [3.8, 4) is 27.9 Å². The fraction of sp³-hybridized carbons (Fsp3) is 0.231. The minimum absolute atomic E-state index is 0.00906. The fourth-order valence-electron chi connectivity index (χ4n) is 11.3. The van der Waals surface area contributed by atoms with E-state index in [1.165, 1.54) is 158 Å². The van der Waals surface area contributed by atoms with Crippen LogP contribution in [0.4, 0.5) is 0 Å². The van der Waals surface area contributed by atoms with Gasteiger partial charge in [0.25, 0.3) is 0 Å². The third-order valence-corrected chi connectivity index (χ3v) is 14.9. The van der Waals surface area contributed by atoms with Gasteiger partial charge in [0.1, 0.15) is 0 Å². The van der Waals surface area contributed by atoms with E-state index in [0.29, 0.717) is 0 Å². The molecule has 0 saturated carbocycles. The molecule has 66 heavy (non-hydrogen) atoms. The summed E-state index contributed by atoms with van der Waals surface area (Å²) >= 11 is 0. The number of aryl methyl sites for hydroxylation is 4. The number of nitrogens with zero attached hydrogens (tertiary/aromatic N) is 1. The number of fused-ring (bicyclic) bond motifs is 7. The predicted octanol–water partition coefficient (Wildman–Crippen LogP) is 18.2. The van der Waals surface area contributed by atoms with E-state index in [4.69, 9.17) is 0 Å². The topological polar surface area (TPSA) is 4.93 Å². The van der Waals surface area contributed by atoms with E-state index in [9.17, 15) is 0 Å². The van der Waals surface area contributed by atoms with Gasteiger partial charge in [0.2, 0.25) is 0 Å². The Hall–Kier alpha value is -6.70. The highest BCUT2D eigenvalue weighted by molar-refractivity contribution is 6.14. The van der Waals surface area contributed by atoms with E-state index in [1.54, 1.807) is 11.1 Å². The van der Waals surface area contributed by atoms with Gasteiger partial charge in [0.05, 0.1) is 11.0 Å². The average Bonchev–Trinajstić information content (AvgIpc) is 3.80. The minimum atomic E-state index is 0.00906. The Morgan fingerprint density at radius 1 is 0.455 bits per heavy atom. The molecule has 1 heteroatoms. The summed E-state index contributed by atoms with van der Waals surface area (Å²) in [6.07, 6.45) is 18.5. The van der Waals surface area contributed by atoms with Gasteiger partial charge in [-0.2, -0.15) is 0 Å². The van der Waals surface area contributed by atoms with E-state index in [0.717, 1.165) is 12.8 Å². The Bertz CT molecular complexity index is 3110. The lowest BCUT2D eigenvalue weighted by molar-refractivity contribution is 0.399. The van der Waals surface area contributed by atoms with Crippen molar-refractivity contribution in [1.82, 2.24) is 4.57 Å². The highest BCUT2D eigenvalue weighted by Gasteiger charge is 2.42. The van der Waals surface area contributed by atoms with Crippen molar-refractivity contribution in [1.29, 1.82) is 0 Å². The summed E-state index contributed by atoms with van der Waals surface area (Å²) < 4.78 is 2.45. The zero-order chi connectivity index (χ0) is 45.0. The first-order valence-corrected chi connectivity index (χ1v) is 24.6. The van der Waals surface area contributed by atoms with Gasteiger partial charge in [0.15, 0.2) is 0 Å². The molecule has 0 atom stereocenters. The normalized spacial score (nSPS) is 12.8. The van der Waals surface area contributed by atoms with Crippen LogP contribution in [0.1, 0.15) is 109 Å². The lowest BCUT2D eigenvalue weighted by Gasteiger charge is -2.33. The first-order valence-electron chi connectivity index (χ1n) is 24.6. The van der Waals surface area contributed by atoms with E-state index >= 15 is 0 Å². The summed E-state index contributed by atoms with van der Waals surface area (Å²) in [6.45, 7) is 12.5. The number of hydrogen-bond acceptors (Lipinski definition) is 0. The third-order valence-electron chi connectivity index (χ3n) is 14.9. The smallest absolute Gasteiger partial charge is 0.0547 e. The quantitative estimate of drug-likeness (QED) is 0.0758. The van der Waals surface area contributed by atoms with E-state index in [1.807, 2.05) is 12.2 Å². The molecule has 0 radical (unpaired) electrons. The summed E-state index contributed by atoms with van der Waals surface area (Å²) in [5.41, 5.74) is 20.3. The Kier molecular flexibility index (Phi) is 12.5. The molecule has 1 aliphatic carbocycles. The molecule has 1 heterocycles. The van der Waals surface area contributed by atoms with Crippen molar-refractivity contribution in [3.63, 3.8) is 0 Å². The summed E-state index contributed by atoms with van der Waals surface area (Å²) in [6, 6.07) is 62.0. The monoisotopic (exact) mass is 857 g/mol. The van der Waals surface area contributed by atoms with Gasteiger partial charge in [-0.1, -0.05) is 191 Å². The zero-order valence-corrected chi connectivity index (χ0v) is 39.1. The first kappa shape index (κ1) is 43.2. The zero-order valence-electron chi connectivity index (χ0n) is 39.1. The summed E-state index contributed by atoms with van der Waals surface area (Å²) in [5, 5.41) is 5.13. The lowest BCUT2D eigenvalue weighted by Crippen LogP contribution is -2.26. The number of hydrogen-bond donors (Lipinski definition) is 0. The van der Waals surface area contributed by atoms with Gasteiger partial charge in [-0.3, -0.25) is 0 Å². The summed E-state index contributed by atoms with van der Waals surface area (Å²) in [5.74, 6) is 0. The van der Waals surface area contributed by atoms with Gasteiger partial charge >= 0.3 is 0 Å². The molecular weight excluding hydrogens is 795 g/mol. The average molecular weight is 858 g/mol. The van der Waals surface area contributed by atoms with Crippen LogP contribution < -0.4 is 0 Å². The van der Waals surface area contributed by atoms with Crippen molar-refractivity contribution < 1.29 is 0 Å². The van der Waals surface area contributed by atoms with Crippen molar-refractivity contribution in [3.05, 3.63) is 221 Å². The molecule has 9 aromatic rings. The van der Waals surface area contributed by atoms with Crippen LogP contribution in [0.2, 0.25) is 0 Å². The fourth-order valence-corrected chi connectivity index (χ4v) is 11.3. The Balaban J connectivity index is 0.979. The molecule has 0 unspecified atom stereocenters. The van der Waals surface area contributed by atoms with Crippen molar-refractivity contribution >= 4 is 44.7 Å². The molecule has 328 valence electrons. The maximum Gasteiger partial charge on any atom is 0.0547 e. The summed E-state index contributed by atoms with van der Waals surface area (Å²) in [4.78, 5) is 0. The number of benzene rings is 8. The van der Waals surface area contributed by atoms with E-state index in [2.05, 4.69) is 195 Å². The van der Waals surface area contributed by atoms with Gasteiger partial charge < -0.3 is 4.57 Å². The van der Waals surface area contributed by atoms with E-state index in [-0.39, 0.29) is 5.41 Å². The largest absolute Gasteiger partial charge is 0.309 e. The van der Waals surface area contributed by atoms with Crippen LogP contribution >= 0.6 is 0 Å². The molecule has 1 aromatic heterocycles. The molecule has 10 rings (SSSR count). The standard InChI is InChI=1S/C65H63N/c1-5-48-27-31-50(32-28-48)20-12-7-9-18-38-65(39-19-10-8-13-21-51-33-29-49(6-2)30-34-51)61-40-46(3)26-36-56(61)58-45-57(47(4)41-62(58)65)54-35-37-63-59(43-54)60-42-52-22-16-17-23-53(52)44-64(60)66(63)55-24-14-11-15-25-55/h5-6,11,14-17,22-37,40-45H,1-2,7-10,12-13,18-21,38-39H2,3-4H3. The molecule has 0 saturated heterocycles. The van der Waals surface area contributed by atoms with E-state index < -0.39 is 0 Å². The van der Waals surface area contributed by atoms with Gasteiger partial charge in [0, 0.05) is 21.9 Å². The van der Waals surface area contributed by atoms with Gasteiger partial charge in [-0.15, -0.1) is 0 Å². The van der Waals surface area contributed by atoms with Crippen LogP contribution in [0.3, 0.4) is 0 Å². The maximum atomic E-state index is 3.93. The number of para-hydroxylation sites is 1. The Morgan fingerprint density at radius 3 is 1.67 bits per heavy atom. The number of aromatic nitrogens is 1. The first-order chi connectivity index (χ1) is 32.4. The van der Waals surface area contributed by atoms with Crippen molar-refractivity contribution in [2.24, 2.45) is 0 Å². The van der Waals surface area contributed by atoms with Crippen molar-refractivity contribution in [2.75, 3.05) is 0 Å². The maximum absolute atomic E-state index is 3.93. The second-order valence-corrected chi connectivity index (χ2v) is 19.2. The SMILES string of the molecule is C=Cc1ccc(CCCCCCC2(CCCCCCc3ccc(C=C)cc3)c3cc(C)ccc3-c3cc(-c4ccc5c(c4)c4cc6ccccc6cc4n5-c4ccccc4)c(C)cc32)cc1. The van der Waals surface area contributed by atoms with Crippen LogP contribution in [0.25, 0.3) is 72.7 Å².